The zero-order valence-corrected chi connectivity index (χ0v) is 11.0. The van der Waals surface area contributed by atoms with Crippen molar-refractivity contribution in [1.82, 2.24) is 10.3 Å². The standard InChI is InChI=1S/C15H18N2O2/c1-11(6-8-18)10-17-15(19)13-4-5-14-12(9-13)3-2-7-16-14/h2-5,7,9,11,18H,6,8,10H2,1H3,(H,17,19). The second-order valence-electron chi connectivity index (χ2n) is 4.74. The first-order valence-corrected chi connectivity index (χ1v) is 6.44. The number of aliphatic hydroxyl groups is 1. The topological polar surface area (TPSA) is 62.2 Å². The Morgan fingerprint density at radius 3 is 3.05 bits per heavy atom. The van der Waals surface area contributed by atoms with Gasteiger partial charge in [-0.05, 0) is 36.6 Å². The second-order valence-corrected chi connectivity index (χ2v) is 4.74. The average molecular weight is 258 g/mol. The van der Waals surface area contributed by atoms with Gasteiger partial charge in [0.1, 0.15) is 0 Å². The van der Waals surface area contributed by atoms with E-state index in [1.165, 1.54) is 0 Å². The number of rotatable bonds is 5. The van der Waals surface area contributed by atoms with Gasteiger partial charge in [-0.1, -0.05) is 13.0 Å². The summed E-state index contributed by atoms with van der Waals surface area (Å²) in [7, 11) is 0. The highest BCUT2D eigenvalue weighted by molar-refractivity contribution is 5.97. The zero-order chi connectivity index (χ0) is 13.7. The maximum absolute atomic E-state index is 12.0. The van der Waals surface area contributed by atoms with Crippen molar-refractivity contribution in [2.24, 2.45) is 5.92 Å². The Bertz CT molecular complexity index is 569. The molecule has 0 saturated carbocycles. The molecule has 100 valence electrons. The Hall–Kier alpha value is -1.94. The first-order chi connectivity index (χ1) is 9.20. The lowest BCUT2D eigenvalue weighted by atomic mass is 10.1. The quantitative estimate of drug-likeness (QED) is 0.862. The van der Waals surface area contributed by atoms with Crippen molar-refractivity contribution in [2.45, 2.75) is 13.3 Å². The zero-order valence-electron chi connectivity index (χ0n) is 11.0. The predicted molar refractivity (Wildman–Crippen MR) is 74.9 cm³/mol. The molecule has 1 aromatic carbocycles. The molecule has 19 heavy (non-hydrogen) atoms. The number of pyridine rings is 1. The van der Waals surface area contributed by atoms with Crippen LogP contribution >= 0.6 is 0 Å². The van der Waals surface area contributed by atoms with Crippen LogP contribution in [0, 0.1) is 5.92 Å². The van der Waals surface area contributed by atoms with Crippen LogP contribution in [0.2, 0.25) is 0 Å². The number of amides is 1. The normalized spacial score (nSPS) is 12.3. The van der Waals surface area contributed by atoms with E-state index >= 15 is 0 Å². The number of aliphatic hydroxyl groups excluding tert-OH is 1. The van der Waals surface area contributed by atoms with Gasteiger partial charge in [-0.3, -0.25) is 9.78 Å². The number of fused-ring (bicyclic) bond motifs is 1. The van der Waals surface area contributed by atoms with Crippen LogP contribution in [0.4, 0.5) is 0 Å². The van der Waals surface area contributed by atoms with Crippen LogP contribution in [0.25, 0.3) is 10.9 Å². The number of benzene rings is 1. The lowest BCUT2D eigenvalue weighted by Crippen LogP contribution is -2.28. The molecule has 1 unspecified atom stereocenters. The van der Waals surface area contributed by atoms with Crippen molar-refractivity contribution in [3.05, 3.63) is 42.1 Å². The van der Waals surface area contributed by atoms with Crippen LogP contribution in [0.15, 0.2) is 36.5 Å². The molecule has 0 spiro atoms. The van der Waals surface area contributed by atoms with Gasteiger partial charge in [-0.2, -0.15) is 0 Å². The van der Waals surface area contributed by atoms with Crippen molar-refractivity contribution >= 4 is 16.8 Å². The van der Waals surface area contributed by atoms with Gasteiger partial charge in [0.25, 0.3) is 5.91 Å². The third-order valence-corrected chi connectivity index (χ3v) is 3.10. The highest BCUT2D eigenvalue weighted by Crippen LogP contribution is 2.13. The van der Waals surface area contributed by atoms with E-state index in [1.54, 1.807) is 12.3 Å². The van der Waals surface area contributed by atoms with Crippen LogP contribution in [0.5, 0.6) is 0 Å². The minimum Gasteiger partial charge on any atom is -0.396 e. The molecular formula is C15H18N2O2. The summed E-state index contributed by atoms with van der Waals surface area (Å²) in [4.78, 5) is 16.2. The van der Waals surface area contributed by atoms with Crippen molar-refractivity contribution in [2.75, 3.05) is 13.2 Å². The lowest BCUT2D eigenvalue weighted by molar-refractivity contribution is 0.0945. The van der Waals surface area contributed by atoms with Gasteiger partial charge in [0, 0.05) is 30.3 Å². The van der Waals surface area contributed by atoms with Gasteiger partial charge >= 0.3 is 0 Å². The number of carbonyl (C=O) groups is 1. The van der Waals surface area contributed by atoms with E-state index < -0.39 is 0 Å². The molecule has 2 N–H and O–H groups in total. The molecule has 0 radical (unpaired) electrons. The molecule has 2 aromatic rings. The number of hydrogen-bond donors (Lipinski definition) is 2. The highest BCUT2D eigenvalue weighted by Gasteiger charge is 2.08. The van der Waals surface area contributed by atoms with E-state index in [-0.39, 0.29) is 18.4 Å². The third kappa shape index (κ3) is 3.51. The summed E-state index contributed by atoms with van der Waals surface area (Å²) in [5.41, 5.74) is 1.52. The molecule has 4 nitrogen and oxygen atoms in total. The van der Waals surface area contributed by atoms with Gasteiger partial charge in [-0.25, -0.2) is 0 Å². The van der Waals surface area contributed by atoms with Gasteiger partial charge < -0.3 is 10.4 Å². The van der Waals surface area contributed by atoms with Crippen molar-refractivity contribution in [1.29, 1.82) is 0 Å². The molecule has 1 amide bonds. The van der Waals surface area contributed by atoms with Crippen LogP contribution in [0.3, 0.4) is 0 Å². The molecule has 1 aromatic heterocycles. The SMILES string of the molecule is CC(CCO)CNC(=O)c1ccc2ncccc2c1. The summed E-state index contributed by atoms with van der Waals surface area (Å²) in [5.74, 6) is 0.187. The number of aromatic nitrogens is 1. The number of hydrogen-bond acceptors (Lipinski definition) is 3. The molecular weight excluding hydrogens is 240 g/mol. The van der Waals surface area contributed by atoms with E-state index in [1.807, 2.05) is 31.2 Å². The summed E-state index contributed by atoms with van der Waals surface area (Å²) in [6, 6.07) is 9.26. The highest BCUT2D eigenvalue weighted by atomic mass is 16.3. The summed E-state index contributed by atoms with van der Waals surface area (Å²) in [5, 5.41) is 12.7. The van der Waals surface area contributed by atoms with E-state index in [4.69, 9.17) is 5.11 Å². The molecule has 0 fully saturated rings. The Morgan fingerprint density at radius 1 is 1.42 bits per heavy atom. The number of carbonyl (C=O) groups excluding carboxylic acids is 1. The summed E-state index contributed by atoms with van der Waals surface area (Å²) >= 11 is 0. The average Bonchev–Trinajstić information content (AvgIpc) is 2.44. The second kappa shape index (κ2) is 6.29. The van der Waals surface area contributed by atoms with E-state index in [0.29, 0.717) is 18.5 Å². The summed E-state index contributed by atoms with van der Waals surface area (Å²) in [6.45, 7) is 2.73. The van der Waals surface area contributed by atoms with Crippen molar-refractivity contribution < 1.29 is 9.90 Å². The first kappa shape index (κ1) is 13.5. The van der Waals surface area contributed by atoms with E-state index in [9.17, 15) is 4.79 Å². The number of nitrogens with zero attached hydrogens (tertiary/aromatic N) is 1. The first-order valence-electron chi connectivity index (χ1n) is 6.44. The van der Waals surface area contributed by atoms with Gasteiger partial charge in [0.2, 0.25) is 0 Å². The molecule has 4 heteroatoms. The monoisotopic (exact) mass is 258 g/mol. The maximum Gasteiger partial charge on any atom is 0.251 e. The van der Waals surface area contributed by atoms with Crippen molar-refractivity contribution in [3.8, 4) is 0 Å². The fourth-order valence-electron chi connectivity index (χ4n) is 1.91. The Balaban J connectivity index is 2.05. The lowest BCUT2D eigenvalue weighted by Gasteiger charge is -2.11. The fourth-order valence-corrected chi connectivity index (χ4v) is 1.91. The molecule has 2 rings (SSSR count). The van der Waals surface area contributed by atoms with Gasteiger partial charge in [0.05, 0.1) is 5.52 Å². The molecule has 0 bridgehead atoms. The van der Waals surface area contributed by atoms with Crippen LogP contribution < -0.4 is 5.32 Å². The van der Waals surface area contributed by atoms with Crippen LogP contribution in [-0.2, 0) is 0 Å². The molecule has 1 heterocycles. The van der Waals surface area contributed by atoms with Gasteiger partial charge in [-0.15, -0.1) is 0 Å². The van der Waals surface area contributed by atoms with Crippen LogP contribution in [-0.4, -0.2) is 29.1 Å². The molecule has 0 saturated heterocycles. The molecule has 0 aliphatic rings. The van der Waals surface area contributed by atoms with E-state index in [2.05, 4.69) is 10.3 Å². The Labute approximate surface area is 112 Å². The van der Waals surface area contributed by atoms with E-state index in [0.717, 1.165) is 10.9 Å². The fraction of sp³-hybridized carbons (Fsp3) is 0.333. The maximum atomic E-state index is 12.0. The third-order valence-electron chi connectivity index (χ3n) is 3.10. The molecule has 0 aliphatic carbocycles. The minimum atomic E-state index is -0.0875. The Morgan fingerprint density at radius 2 is 2.26 bits per heavy atom. The molecule has 1 atom stereocenters. The van der Waals surface area contributed by atoms with Crippen LogP contribution in [0.1, 0.15) is 23.7 Å². The van der Waals surface area contributed by atoms with Crippen molar-refractivity contribution in [3.63, 3.8) is 0 Å². The summed E-state index contributed by atoms with van der Waals surface area (Å²) < 4.78 is 0. The Kier molecular flexibility index (Phi) is 4.47. The largest absolute Gasteiger partial charge is 0.396 e. The smallest absolute Gasteiger partial charge is 0.251 e. The summed E-state index contributed by atoms with van der Waals surface area (Å²) in [6.07, 6.45) is 2.43. The number of nitrogens with one attached hydrogen (secondary N) is 1. The predicted octanol–water partition coefficient (Wildman–Crippen LogP) is 1.98. The van der Waals surface area contributed by atoms with Gasteiger partial charge in [0.15, 0.2) is 0 Å². The minimum absolute atomic E-state index is 0.0875. The molecule has 0 aliphatic heterocycles.